The molecule has 0 radical (unpaired) electrons. The summed E-state index contributed by atoms with van der Waals surface area (Å²) in [5, 5.41) is 2.66. The molecule has 0 aliphatic carbocycles. The number of rotatable bonds is 3. The van der Waals surface area contributed by atoms with Gasteiger partial charge in [0.1, 0.15) is 5.75 Å². The van der Waals surface area contributed by atoms with E-state index in [-0.39, 0.29) is 25.2 Å². The molecule has 1 aromatic carbocycles. The summed E-state index contributed by atoms with van der Waals surface area (Å²) in [6.45, 7) is 0. The van der Waals surface area contributed by atoms with Crippen molar-refractivity contribution in [3.63, 3.8) is 0 Å². The summed E-state index contributed by atoms with van der Waals surface area (Å²) >= 11 is 0. The molecular formula is C14H17F2NO2. The summed E-state index contributed by atoms with van der Waals surface area (Å²) in [5.41, 5.74) is 0.827. The largest absolute Gasteiger partial charge is 0.496 e. The van der Waals surface area contributed by atoms with Crippen molar-refractivity contribution < 1.29 is 18.3 Å². The van der Waals surface area contributed by atoms with E-state index < -0.39 is 12.0 Å². The Balaban J connectivity index is 2.14. The second-order valence-electron chi connectivity index (χ2n) is 4.84. The van der Waals surface area contributed by atoms with Crippen LogP contribution in [-0.4, -0.2) is 25.0 Å². The van der Waals surface area contributed by atoms with Crippen LogP contribution in [0.4, 0.5) is 8.78 Å². The molecule has 3 nitrogen and oxygen atoms in total. The van der Waals surface area contributed by atoms with Crippen LogP contribution in [0.5, 0.6) is 5.75 Å². The quantitative estimate of drug-likeness (QED) is 0.915. The van der Waals surface area contributed by atoms with Crippen LogP contribution in [0.2, 0.25) is 0 Å². The molecule has 0 bridgehead atoms. The average molecular weight is 269 g/mol. The van der Waals surface area contributed by atoms with Crippen molar-refractivity contribution in [3.05, 3.63) is 29.8 Å². The first kappa shape index (κ1) is 13.8. The maximum atomic E-state index is 13.5. The molecule has 1 aliphatic heterocycles. The third kappa shape index (κ3) is 3.66. The number of halogens is 2. The van der Waals surface area contributed by atoms with Crippen molar-refractivity contribution in [1.82, 2.24) is 5.32 Å². The highest BCUT2D eigenvalue weighted by Crippen LogP contribution is 2.30. The van der Waals surface area contributed by atoms with Crippen LogP contribution >= 0.6 is 0 Å². The van der Waals surface area contributed by atoms with E-state index in [4.69, 9.17) is 4.74 Å². The SMILES string of the molecule is COc1ccccc1CC1CC(F)(F)CCC(=O)N1. The lowest BCUT2D eigenvalue weighted by atomic mass is 9.99. The zero-order chi connectivity index (χ0) is 13.9. The smallest absolute Gasteiger partial charge is 0.250 e. The Morgan fingerprint density at radius 3 is 2.89 bits per heavy atom. The van der Waals surface area contributed by atoms with Crippen molar-refractivity contribution in [2.75, 3.05) is 7.11 Å². The fourth-order valence-electron chi connectivity index (χ4n) is 2.37. The Morgan fingerprint density at radius 2 is 2.16 bits per heavy atom. The van der Waals surface area contributed by atoms with E-state index in [1.165, 1.54) is 0 Å². The standard InChI is InChI=1S/C14H17F2NO2/c1-19-12-5-3-2-4-10(12)8-11-9-14(15,16)7-6-13(18)17-11/h2-5,11H,6-9H2,1H3,(H,17,18). The lowest BCUT2D eigenvalue weighted by Gasteiger charge is -2.20. The molecule has 5 heteroatoms. The van der Waals surface area contributed by atoms with Gasteiger partial charge in [-0.2, -0.15) is 0 Å². The van der Waals surface area contributed by atoms with Gasteiger partial charge in [0.25, 0.3) is 5.92 Å². The first-order valence-electron chi connectivity index (χ1n) is 6.29. The molecule has 1 amide bonds. The molecule has 1 aromatic rings. The third-order valence-electron chi connectivity index (χ3n) is 3.29. The predicted octanol–water partition coefficient (Wildman–Crippen LogP) is 2.54. The van der Waals surface area contributed by atoms with Crippen molar-refractivity contribution >= 4 is 5.91 Å². The van der Waals surface area contributed by atoms with Crippen LogP contribution in [-0.2, 0) is 11.2 Å². The van der Waals surface area contributed by atoms with E-state index in [2.05, 4.69) is 5.32 Å². The predicted molar refractivity (Wildman–Crippen MR) is 67.4 cm³/mol. The maximum absolute atomic E-state index is 13.5. The van der Waals surface area contributed by atoms with Gasteiger partial charge < -0.3 is 10.1 Å². The minimum absolute atomic E-state index is 0.116. The number of hydrogen-bond acceptors (Lipinski definition) is 2. The lowest BCUT2D eigenvalue weighted by molar-refractivity contribution is -0.121. The van der Waals surface area contributed by atoms with Gasteiger partial charge in [0, 0.05) is 25.3 Å². The summed E-state index contributed by atoms with van der Waals surface area (Å²) in [6.07, 6.45) is -0.460. The normalized spacial score (nSPS) is 22.5. The minimum Gasteiger partial charge on any atom is -0.496 e. The number of benzene rings is 1. The molecule has 19 heavy (non-hydrogen) atoms. The molecule has 1 atom stereocenters. The zero-order valence-electron chi connectivity index (χ0n) is 10.8. The van der Waals surface area contributed by atoms with E-state index in [9.17, 15) is 13.6 Å². The van der Waals surface area contributed by atoms with E-state index in [1.54, 1.807) is 13.2 Å². The summed E-state index contributed by atoms with van der Waals surface area (Å²) in [7, 11) is 1.54. The Bertz CT molecular complexity index is 463. The fraction of sp³-hybridized carbons (Fsp3) is 0.500. The van der Waals surface area contributed by atoms with Crippen LogP contribution < -0.4 is 10.1 Å². The van der Waals surface area contributed by atoms with Gasteiger partial charge in [0.15, 0.2) is 0 Å². The molecular weight excluding hydrogens is 252 g/mol. The highest BCUT2D eigenvalue weighted by molar-refractivity contribution is 5.76. The summed E-state index contributed by atoms with van der Waals surface area (Å²) < 4.78 is 32.3. The number of hydrogen-bond donors (Lipinski definition) is 1. The number of carbonyl (C=O) groups is 1. The lowest BCUT2D eigenvalue weighted by Crippen LogP contribution is -2.36. The van der Waals surface area contributed by atoms with Crippen LogP contribution in [0.25, 0.3) is 0 Å². The molecule has 0 spiro atoms. The number of nitrogens with one attached hydrogen (secondary N) is 1. The van der Waals surface area contributed by atoms with E-state index >= 15 is 0 Å². The van der Waals surface area contributed by atoms with Gasteiger partial charge in [-0.1, -0.05) is 18.2 Å². The average Bonchev–Trinajstić information content (AvgIpc) is 2.48. The molecule has 1 fully saturated rings. The summed E-state index contributed by atoms with van der Waals surface area (Å²) in [5.74, 6) is -2.44. The van der Waals surface area contributed by atoms with Gasteiger partial charge in [0.2, 0.25) is 5.91 Å². The highest BCUT2D eigenvalue weighted by atomic mass is 19.3. The first-order chi connectivity index (χ1) is 9.00. The van der Waals surface area contributed by atoms with Crippen molar-refractivity contribution in [2.45, 2.75) is 37.6 Å². The van der Waals surface area contributed by atoms with Crippen LogP contribution in [0.1, 0.15) is 24.8 Å². The second kappa shape index (κ2) is 5.55. The molecule has 0 aromatic heterocycles. The molecule has 1 heterocycles. The number of methoxy groups -OCH3 is 1. The van der Waals surface area contributed by atoms with Crippen LogP contribution in [0.15, 0.2) is 24.3 Å². The monoisotopic (exact) mass is 269 g/mol. The second-order valence-corrected chi connectivity index (χ2v) is 4.84. The van der Waals surface area contributed by atoms with Gasteiger partial charge in [-0.25, -0.2) is 8.78 Å². The van der Waals surface area contributed by atoms with E-state index in [1.807, 2.05) is 18.2 Å². The van der Waals surface area contributed by atoms with Gasteiger partial charge in [-0.3, -0.25) is 4.79 Å². The minimum atomic E-state index is -2.79. The maximum Gasteiger partial charge on any atom is 0.250 e. The molecule has 1 unspecified atom stereocenters. The number of carbonyl (C=O) groups excluding carboxylic acids is 1. The third-order valence-corrected chi connectivity index (χ3v) is 3.29. The molecule has 1 aliphatic rings. The topological polar surface area (TPSA) is 38.3 Å². The zero-order valence-corrected chi connectivity index (χ0v) is 10.8. The van der Waals surface area contributed by atoms with Gasteiger partial charge in [-0.15, -0.1) is 0 Å². The Labute approximate surface area is 111 Å². The number of ether oxygens (including phenoxy) is 1. The van der Waals surface area contributed by atoms with Crippen molar-refractivity contribution in [3.8, 4) is 5.75 Å². The molecule has 0 saturated carbocycles. The number of para-hydroxylation sites is 1. The Hall–Kier alpha value is -1.65. The van der Waals surface area contributed by atoms with Crippen LogP contribution in [0, 0.1) is 0 Å². The van der Waals surface area contributed by atoms with Crippen molar-refractivity contribution in [2.24, 2.45) is 0 Å². The van der Waals surface area contributed by atoms with Gasteiger partial charge >= 0.3 is 0 Å². The first-order valence-corrected chi connectivity index (χ1v) is 6.29. The van der Waals surface area contributed by atoms with Gasteiger partial charge in [0.05, 0.1) is 7.11 Å². The van der Waals surface area contributed by atoms with Crippen molar-refractivity contribution in [1.29, 1.82) is 0 Å². The van der Waals surface area contributed by atoms with E-state index in [0.29, 0.717) is 12.2 Å². The summed E-state index contributed by atoms with van der Waals surface area (Å²) in [6, 6.07) is 6.71. The Kier molecular flexibility index (Phi) is 4.02. The molecule has 1 saturated heterocycles. The molecule has 2 rings (SSSR count). The fourth-order valence-corrected chi connectivity index (χ4v) is 2.37. The molecule has 104 valence electrons. The molecule has 1 N–H and O–H groups in total. The number of alkyl halides is 2. The summed E-state index contributed by atoms with van der Waals surface area (Å²) in [4.78, 5) is 11.5. The Morgan fingerprint density at radius 1 is 1.42 bits per heavy atom. The van der Waals surface area contributed by atoms with Crippen LogP contribution in [0.3, 0.4) is 0 Å². The highest BCUT2D eigenvalue weighted by Gasteiger charge is 2.36. The van der Waals surface area contributed by atoms with Gasteiger partial charge in [-0.05, 0) is 18.1 Å². The van der Waals surface area contributed by atoms with E-state index in [0.717, 1.165) is 5.56 Å². The number of amides is 1.